The van der Waals surface area contributed by atoms with Crippen molar-refractivity contribution in [2.24, 2.45) is 5.41 Å². The molecule has 1 aromatic rings. The molecule has 5 heteroatoms. The van der Waals surface area contributed by atoms with Crippen LogP contribution in [0.3, 0.4) is 0 Å². The maximum absolute atomic E-state index is 10.8. The normalized spacial score (nSPS) is 16.3. The highest BCUT2D eigenvalue weighted by Crippen LogP contribution is 2.47. The highest BCUT2D eigenvalue weighted by molar-refractivity contribution is 9.10. The van der Waals surface area contributed by atoms with Gasteiger partial charge >= 0.3 is 5.97 Å². The molecule has 1 saturated carbocycles. The lowest BCUT2D eigenvalue weighted by Gasteiger charge is -2.15. The van der Waals surface area contributed by atoms with E-state index in [-0.39, 0.29) is 12.2 Å². The van der Waals surface area contributed by atoms with Crippen molar-refractivity contribution in [3.8, 4) is 0 Å². The van der Waals surface area contributed by atoms with Crippen LogP contribution in [0.2, 0.25) is 0 Å². The summed E-state index contributed by atoms with van der Waals surface area (Å²) in [7, 11) is 0. The van der Waals surface area contributed by atoms with E-state index in [1.807, 2.05) is 6.07 Å². The Bertz CT molecular complexity index is 472. The average molecular weight is 328 g/mol. The molecule has 19 heavy (non-hydrogen) atoms. The second kappa shape index (κ2) is 6.03. The number of carboxylic acids is 1. The molecule has 0 aliphatic heterocycles. The van der Waals surface area contributed by atoms with Crippen molar-refractivity contribution in [2.75, 3.05) is 13.2 Å². The van der Waals surface area contributed by atoms with Crippen LogP contribution in [-0.2, 0) is 6.54 Å². The topological polar surface area (TPSA) is 69.6 Å². The van der Waals surface area contributed by atoms with Crippen molar-refractivity contribution < 1.29 is 15.0 Å². The zero-order chi connectivity index (χ0) is 13.9. The molecular weight excluding hydrogens is 310 g/mol. The Morgan fingerprint density at radius 1 is 1.42 bits per heavy atom. The van der Waals surface area contributed by atoms with Gasteiger partial charge in [-0.1, -0.05) is 22.0 Å². The standard InChI is InChI=1S/C14H18BrNO3/c15-12-7-10(13(18)19)1-2-11(12)8-16-9-14(3-4-14)5-6-17/h1-2,7,16-17H,3-6,8-9H2,(H,18,19). The molecule has 1 aliphatic carbocycles. The van der Waals surface area contributed by atoms with Crippen LogP contribution in [0.1, 0.15) is 35.2 Å². The van der Waals surface area contributed by atoms with E-state index in [9.17, 15) is 4.79 Å². The van der Waals surface area contributed by atoms with Gasteiger partial charge in [-0.3, -0.25) is 0 Å². The van der Waals surface area contributed by atoms with Crippen molar-refractivity contribution in [3.63, 3.8) is 0 Å². The molecule has 0 saturated heterocycles. The smallest absolute Gasteiger partial charge is 0.335 e. The minimum absolute atomic E-state index is 0.249. The number of aliphatic hydroxyl groups is 1. The lowest BCUT2D eigenvalue weighted by atomic mass is 10.0. The number of nitrogens with one attached hydrogen (secondary N) is 1. The van der Waals surface area contributed by atoms with E-state index in [4.69, 9.17) is 10.2 Å². The Morgan fingerprint density at radius 2 is 2.16 bits per heavy atom. The van der Waals surface area contributed by atoms with Gasteiger partial charge in [-0.05, 0) is 42.4 Å². The number of hydrogen-bond acceptors (Lipinski definition) is 3. The molecule has 1 fully saturated rings. The van der Waals surface area contributed by atoms with Crippen LogP contribution in [0, 0.1) is 5.41 Å². The Balaban J connectivity index is 1.88. The fourth-order valence-corrected chi connectivity index (χ4v) is 2.73. The first-order valence-electron chi connectivity index (χ1n) is 6.40. The monoisotopic (exact) mass is 327 g/mol. The Kier molecular flexibility index (Phi) is 4.60. The maximum atomic E-state index is 10.8. The van der Waals surface area contributed by atoms with Crippen LogP contribution in [-0.4, -0.2) is 29.3 Å². The highest BCUT2D eigenvalue weighted by atomic mass is 79.9. The predicted molar refractivity (Wildman–Crippen MR) is 76.2 cm³/mol. The first-order chi connectivity index (χ1) is 9.06. The second-order valence-electron chi connectivity index (χ2n) is 5.19. The SMILES string of the molecule is O=C(O)c1ccc(CNCC2(CCO)CC2)c(Br)c1. The molecule has 0 aromatic heterocycles. The van der Waals surface area contributed by atoms with Gasteiger partial charge in [0, 0.05) is 24.2 Å². The maximum Gasteiger partial charge on any atom is 0.335 e. The van der Waals surface area contributed by atoms with Gasteiger partial charge in [-0.15, -0.1) is 0 Å². The number of halogens is 1. The third-order valence-corrected chi connectivity index (χ3v) is 4.45. The van der Waals surface area contributed by atoms with Crippen LogP contribution < -0.4 is 5.32 Å². The summed E-state index contributed by atoms with van der Waals surface area (Å²) in [6.07, 6.45) is 3.22. The van der Waals surface area contributed by atoms with E-state index >= 15 is 0 Å². The summed E-state index contributed by atoms with van der Waals surface area (Å²) in [5.41, 5.74) is 1.63. The number of carboxylic acid groups (broad SMARTS) is 1. The fraction of sp³-hybridized carbons (Fsp3) is 0.500. The molecular formula is C14H18BrNO3. The second-order valence-corrected chi connectivity index (χ2v) is 6.04. The lowest BCUT2D eigenvalue weighted by molar-refractivity contribution is 0.0697. The summed E-state index contributed by atoms with van der Waals surface area (Å²) in [4.78, 5) is 10.8. The molecule has 0 atom stereocenters. The van der Waals surface area contributed by atoms with Gasteiger partial charge in [0.2, 0.25) is 0 Å². The number of aromatic carboxylic acids is 1. The summed E-state index contributed by atoms with van der Waals surface area (Å²) in [5.74, 6) is -0.917. The molecule has 0 radical (unpaired) electrons. The van der Waals surface area contributed by atoms with Gasteiger partial charge in [-0.25, -0.2) is 4.79 Å². The summed E-state index contributed by atoms with van der Waals surface area (Å²) < 4.78 is 0.812. The van der Waals surface area contributed by atoms with E-state index in [1.54, 1.807) is 12.1 Å². The fourth-order valence-electron chi connectivity index (χ4n) is 2.22. The van der Waals surface area contributed by atoms with Crippen molar-refractivity contribution in [1.29, 1.82) is 0 Å². The number of carbonyl (C=O) groups is 1. The van der Waals surface area contributed by atoms with Crippen LogP contribution >= 0.6 is 15.9 Å². The molecule has 1 aromatic carbocycles. The van der Waals surface area contributed by atoms with Crippen LogP contribution in [0.4, 0.5) is 0 Å². The van der Waals surface area contributed by atoms with Crippen molar-refractivity contribution in [2.45, 2.75) is 25.8 Å². The molecule has 0 spiro atoms. The molecule has 4 nitrogen and oxygen atoms in total. The minimum atomic E-state index is -0.917. The highest BCUT2D eigenvalue weighted by Gasteiger charge is 2.41. The third-order valence-electron chi connectivity index (χ3n) is 3.71. The molecule has 3 N–H and O–H groups in total. The van der Waals surface area contributed by atoms with Crippen LogP contribution in [0.15, 0.2) is 22.7 Å². The summed E-state index contributed by atoms with van der Waals surface area (Å²) in [6.45, 7) is 1.85. The van der Waals surface area contributed by atoms with Crippen molar-refractivity contribution >= 4 is 21.9 Å². The predicted octanol–water partition coefficient (Wildman–Crippen LogP) is 2.40. The van der Waals surface area contributed by atoms with Gasteiger partial charge in [0.05, 0.1) is 5.56 Å². The molecule has 1 aliphatic rings. The van der Waals surface area contributed by atoms with E-state index < -0.39 is 5.97 Å². The number of aliphatic hydroxyl groups excluding tert-OH is 1. The molecule has 0 bridgehead atoms. The average Bonchev–Trinajstić information content (AvgIpc) is 3.11. The molecule has 104 valence electrons. The van der Waals surface area contributed by atoms with Gasteiger partial charge in [0.1, 0.15) is 0 Å². The Morgan fingerprint density at radius 3 is 2.68 bits per heavy atom. The van der Waals surface area contributed by atoms with E-state index in [0.717, 1.165) is 23.0 Å². The summed E-state index contributed by atoms with van der Waals surface area (Å²) in [5, 5.41) is 21.3. The molecule has 0 amide bonds. The van der Waals surface area contributed by atoms with Crippen molar-refractivity contribution in [3.05, 3.63) is 33.8 Å². The minimum Gasteiger partial charge on any atom is -0.478 e. The van der Waals surface area contributed by atoms with Gasteiger partial charge in [0.15, 0.2) is 0 Å². The van der Waals surface area contributed by atoms with Gasteiger partial charge in [0.25, 0.3) is 0 Å². The first kappa shape index (κ1) is 14.5. The third kappa shape index (κ3) is 3.78. The largest absolute Gasteiger partial charge is 0.478 e. The zero-order valence-corrected chi connectivity index (χ0v) is 12.2. The number of rotatable bonds is 7. The molecule has 0 heterocycles. The quantitative estimate of drug-likeness (QED) is 0.719. The lowest BCUT2D eigenvalue weighted by Crippen LogP contribution is -2.24. The van der Waals surface area contributed by atoms with Crippen molar-refractivity contribution in [1.82, 2.24) is 5.32 Å². The Labute approximate surface area is 121 Å². The first-order valence-corrected chi connectivity index (χ1v) is 7.19. The Hall–Kier alpha value is -0.910. The van der Waals surface area contributed by atoms with Crippen LogP contribution in [0.25, 0.3) is 0 Å². The van der Waals surface area contributed by atoms with E-state index in [0.29, 0.717) is 12.0 Å². The van der Waals surface area contributed by atoms with E-state index in [2.05, 4.69) is 21.2 Å². The molecule has 0 unspecified atom stereocenters. The number of benzene rings is 1. The van der Waals surface area contributed by atoms with Gasteiger partial charge in [-0.2, -0.15) is 0 Å². The summed E-state index contributed by atoms with van der Waals surface area (Å²) in [6, 6.07) is 5.07. The molecule has 2 rings (SSSR count). The van der Waals surface area contributed by atoms with Crippen LogP contribution in [0.5, 0.6) is 0 Å². The van der Waals surface area contributed by atoms with E-state index in [1.165, 1.54) is 12.8 Å². The zero-order valence-electron chi connectivity index (χ0n) is 10.7. The number of hydrogen-bond donors (Lipinski definition) is 3. The van der Waals surface area contributed by atoms with Gasteiger partial charge < -0.3 is 15.5 Å². The summed E-state index contributed by atoms with van der Waals surface area (Å²) >= 11 is 3.40.